The lowest BCUT2D eigenvalue weighted by atomic mass is 9.95. The normalized spacial score (nSPS) is 9.64. The minimum absolute atomic E-state index is 0.171. The van der Waals surface area contributed by atoms with Gasteiger partial charge in [0.2, 0.25) is 0 Å². The van der Waals surface area contributed by atoms with Gasteiger partial charge in [0.05, 0.1) is 5.56 Å². The zero-order valence-electron chi connectivity index (χ0n) is 5.90. The van der Waals surface area contributed by atoms with Gasteiger partial charge in [-0.25, -0.2) is 8.78 Å². The summed E-state index contributed by atoms with van der Waals surface area (Å²) in [5.74, 6) is -1.62. The van der Waals surface area contributed by atoms with Crippen molar-refractivity contribution in [1.82, 2.24) is 0 Å². The van der Waals surface area contributed by atoms with Gasteiger partial charge < -0.3 is 0 Å². The molecule has 0 bridgehead atoms. The zero-order chi connectivity index (χ0) is 8.43. The summed E-state index contributed by atoms with van der Waals surface area (Å²) in [6, 6.07) is 2.24. The highest BCUT2D eigenvalue weighted by atomic mass is 19.1. The van der Waals surface area contributed by atoms with Crippen molar-refractivity contribution in [3.63, 3.8) is 0 Å². The highest BCUT2D eigenvalue weighted by molar-refractivity contribution is 6.32. The smallest absolute Gasteiger partial charge is 0.155 e. The van der Waals surface area contributed by atoms with Crippen LogP contribution in [0.25, 0.3) is 0 Å². The Labute approximate surface area is 63.4 Å². The molecule has 11 heavy (non-hydrogen) atoms. The van der Waals surface area contributed by atoms with E-state index in [1.807, 2.05) is 0 Å². The Morgan fingerprint density at radius 2 is 1.73 bits per heavy atom. The second kappa shape index (κ2) is 2.82. The van der Waals surface area contributed by atoms with E-state index in [0.717, 1.165) is 12.1 Å². The Hall–Kier alpha value is -1.19. The van der Waals surface area contributed by atoms with Crippen LogP contribution in [0.1, 0.15) is 10.4 Å². The van der Waals surface area contributed by atoms with E-state index >= 15 is 0 Å². The van der Waals surface area contributed by atoms with Gasteiger partial charge in [0.1, 0.15) is 19.5 Å². The molecule has 1 rings (SSSR count). The molecule has 1 aromatic rings. The van der Waals surface area contributed by atoms with Gasteiger partial charge in [-0.2, -0.15) is 0 Å². The molecule has 0 heterocycles. The molecule has 0 aliphatic rings. The molecule has 0 spiro atoms. The predicted molar refractivity (Wildman–Crippen MR) is 39.9 cm³/mol. The SMILES string of the molecule is Bc1cc(F)c(C=O)c(F)c1. The number of carbonyl (C=O) groups is 1. The summed E-state index contributed by atoms with van der Waals surface area (Å²) in [6.07, 6.45) is 0.171. The van der Waals surface area contributed by atoms with Crippen molar-refractivity contribution in [3.8, 4) is 0 Å². The van der Waals surface area contributed by atoms with E-state index in [9.17, 15) is 13.6 Å². The molecule has 0 aromatic heterocycles. The van der Waals surface area contributed by atoms with Crippen LogP contribution in [0.4, 0.5) is 8.78 Å². The van der Waals surface area contributed by atoms with Crippen LogP contribution in [0, 0.1) is 11.6 Å². The van der Waals surface area contributed by atoms with E-state index in [2.05, 4.69) is 0 Å². The molecule has 0 amide bonds. The van der Waals surface area contributed by atoms with Crippen molar-refractivity contribution >= 4 is 19.6 Å². The van der Waals surface area contributed by atoms with Gasteiger partial charge in [0.15, 0.2) is 6.29 Å². The highest BCUT2D eigenvalue weighted by Gasteiger charge is 2.07. The maximum Gasteiger partial charge on any atom is 0.155 e. The largest absolute Gasteiger partial charge is 0.298 e. The van der Waals surface area contributed by atoms with E-state index in [1.54, 1.807) is 7.85 Å². The number of rotatable bonds is 1. The topological polar surface area (TPSA) is 17.1 Å². The molecule has 0 unspecified atom stereocenters. The lowest BCUT2D eigenvalue weighted by Crippen LogP contribution is -2.07. The third kappa shape index (κ3) is 1.45. The summed E-state index contributed by atoms with van der Waals surface area (Å²) in [7, 11) is 1.56. The van der Waals surface area contributed by atoms with Gasteiger partial charge in [-0.15, -0.1) is 0 Å². The van der Waals surface area contributed by atoms with Crippen LogP contribution in [0.15, 0.2) is 12.1 Å². The molecule has 0 saturated carbocycles. The lowest BCUT2D eigenvalue weighted by molar-refractivity contribution is 0.111. The quantitative estimate of drug-likeness (QED) is 0.412. The van der Waals surface area contributed by atoms with E-state index in [4.69, 9.17) is 0 Å². The molecule has 0 saturated heterocycles. The van der Waals surface area contributed by atoms with E-state index in [-0.39, 0.29) is 6.29 Å². The van der Waals surface area contributed by atoms with Crippen LogP contribution in [-0.4, -0.2) is 14.1 Å². The third-order valence-electron chi connectivity index (χ3n) is 1.34. The molecule has 1 nitrogen and oxygen atoms in total. The third-order valence-corrected chi connectivity index (χ3v) is 1.34. The van der Waals surface area contributed by atoms with Crippen molar-refractivity contribution in [2.75, 3.05) is 0 Å². The minimum atomic E-state index is -0.808. The van der Waals surface area contributed by atoms with Crippen molar-refractivity contribution < 1.29 is 13.6 Å². The maximum absolute atomic E-state index is 12.6. The monoisotopic (exact) mass is 154 g/mol. The van der Waals surface area contributed by atoms with Crippen molar-refractivity contribution in [1.29, 1.82) is 0 Å². The van der Waals surface area contributed by atoms with Crippen LogP contribution in [0.5, 0.6) is 0 Å². The summed E-state index contributed by atoms with van der Waals surface area (Å²) in [4.78, 5) is 10.1. The first-order chi connectivity index (χ1) is 5.15. The molecule has 0 aliphatic heterocycles. The number of hydrogen-bond donors (Lipinski definition) is 0. The summed E-state index contributed by atoms with van der Waals surface area (Å²) < 4.78 is 25.3. The minimum Gasteiger partial charge on any atom is -0.298 e. The molecule has 0 atom stereocenters. The van der Waals surface area contributed by atoms with Crippen LogP contribution in [0.3, 0.4) is 0 Å². The van der Waals surface area contributed by atoms with E-state index in [1.165, 1.54) is 0 Å². The molecular weight excluding hydrogens is 149 g/mol. The van der Waals surface area contributed by atoms with Gasteiger partial charge in [-0.1, -0.05) is 5.46 Å². The summed E-state index contributed by atoms with van der Waals surface area (Å²) in [5.41, 5.74) is -0.0406. The number of halogens is 2. The standard InChI is InChI=1S/C7H5BF2O/c8-4-1-6(9)5(3-11)7(10)2-4/h1-3H,8H2. The fraction of sp³-hybridized carbons (Fsp3) is 0. The first kappa shape index (κ1) is 7.92. The second-order valence-electron chi connectivity index (χ2n) is 2.26. The van der Waals surface area contributed by atoms with Gasteiger partial charge in [0.25, 0.3) is 0 Å². The Kier molecular flexibility index (Phi) is 2.03. The highest BCUT2D eigenvalue weighted by Crippen LogP contribution is 2.06. The van der Waals surface area contributed by atoms with Gasteiger partial charge in [-0.3, -0.25) is 4.79 Å². The number of benzene rings is 1. The van der Waals surface area contributed by atoms with Crippen molar-refractivity contribution in [3.05, 3.63) is 29.3 Å². The van der Waals surface area contributed by atoms with E-state index < -0.39 is 17.2 Å². The number of carbonyl (C=O) groups excluding carboxylic acids is 1. The van der Waals surface area contributed by atoms with Gasteiger partial charge >= 0.3 is 0 Å². The first-order valence-electron chi connectivity index (χ1n) is 3.06. The number of hydrogen-bond acceptors (Lipinski definition) is 1. The Morgan fingerprint density at radius 1 is 1.27 bits per heavy atom. The van der Waals surface area contributed by atoms with Crippen LogP contribution >= 0.6 is 0 Å². The summed E-state index contributed by atoms with van der Waals surface area (Å²) in [5, 5.41) is 0. The average Bonchev–Trinajstić information content (AvgIpc) is 1.85. The lowest BCUT2D eigenvalue weighted by Gasteiger charge is -1.97. The molecule has 0 N–H and O–H groups in total. The summed E-state index contributed by atoms with van der Waals surface area (Å²) >= 11 is 0. The van der Waals surface area contributed by atoms with Crippen molar-refractivity contribution in [2.24, 2.45) is 0 Å². The Morgan fingerprint density at radius 3 is 2.09 bits per heavy atom. The maximum atomic E-state index is 12.6. The second-order valence-corrected chi connectivity index (χ2v) is 2.26. The summed E-state index contributed by atoms with van der Waals surface area (Å²) in [6.45, 7) is 0. The fourth-order valence-electron chi connectivity index (χ4n) is 0.824. The average molecular weight is 154 g/mol. The van der Waals surface area contributed by atoms with Gasteiger partial charge in [-0.05, 0) is 12.1 Å². The van der Waals surface area contributed by atoms with Crippen LogP contribution < -0.4 is 5.46 Å². The van der Waals surface area contributed by atoms with Crippen LogP contribution in [0.2, 0.25) is 0 Å². The molecule has 0 aliphatic carbocycles. The first-order valence-corrected chi connectivity index (χ1v) is 3.06. The Balaban J connectivity index is 3.36. The molecule has 0 fully saturated rings. The molecule has 0 radical (unpaired) electrons. The van der Waals surface area contributed by atoms with Crippen LogP contribution in [-0.2, 0) is 0 Å². The molecular formula is C7H5BF2O. The molecule has 1 aromatic carbocycles. The van der Waals surface area contributed by atoms with Gasteiger partial charge in [0, 0.05) is 0 Å². The van der Waals surface area contributed by atoms with Crippen molar-refractivity contribution in [2.45, 2.75) is 0 Å². The van der Waals surface area contributed by atoms with E-state index in [0.29, 0.717) is 5.46 Å². The molecule has 4 heteroatoms. The number of aldehydes is 1. The Bertz CT molecular complexity index is 275. The fourth-order valence-corrected chi connectivity index (χ4v) is 0.824. The zero-order valence-corrected chi connectivity index (χ0v) is 5.90. The predicted octanol–water partition coefficient (Wildman–Crippen LogP) is 0.0357. The molecule has 56 valence electrons.